The maximum atomic E-state index is 13.1. The Kier molecular flexibility index (Phi) is 6.31. The van der Waals surface area contributed by atoms with Gasteiger partial charge in [-0.1, -0.05) is 53.2 Å². The molecule has 0 bridgehead atoms. The highest BCUT2D eigenvalue weighted by molar-refractivity contribution is 5.79. The molecule has 1 N–H and O–H groups in total. The number of carbonyl (C=O) groups is 1. The summed E-state index contributed by atoms with van der Waals surface area (Å²) in [6.45, 7) is 3.70. The van der Waals surface area contributed by atoms with Gasteiger partial charge in [0.15, 0.2) is 11.2 Å². The molecule has 0 saturated carbocycles. The zero-order chi connectivity index (χ0) is 24.4. The molecule has 4 aromatic rings. The van der Waals surface area contributed by atoms with Crippen molar-refractivity contribution < 1.29 is 9.53 Å². The minimum Gasteiger partial charge on any atom is -0.496 e. The molecule has 9 nitrogen and oxygen atoms in total. The van der Waals surface area contributed by atoms with Crippen LogP contribution in [0.25, 0.3) is 11.2 Å². The van der Waals surface area contributed by atoms with E-state index in [0.29, 0.717) is 36.9 Å². The number of ether oxygens (including phenoxy) is 1. The molecule has 180 valence electrons. The maximum absolute atomic E-state index is 13.1. The molecular formula is C26H28N6O3. The summed E-state index contributed by atoms with van der Waals surface area (Å²) < 4.78 is 7.05. The molecule has 1 aliphatic heterocycles. The average Bonchev–Trinajstić information content (AvgIpc) is 3.29. The highest BCUT2D eigenvalue weighted by Crippen LogP contribution is 2.26. The molecule has 0 aliphatic carbocycles. The van der Waals surface area contributed by atoms with E-state index in [1.165, 1.54) is 5.56 Å². The Bertz CT molecular complexity index is 1410. The first kappa shape index (κ1) is 22.8. The van der Waals surface area contributed by atoms with Gasteiger partial charge in [-0.25, -0.2) is 9.67 Å². The third kappa shape index (κ3) is 4.80. The van der Waals surface area contributed by atoms with Crippen molar-refractivity contribution in [3.8, 4) is 5.75 Å². The highest BCUT2D eigenvalue weighted by Gasteiger charge is 2.28. The Morgan fingerprint density at radius 2 is 1.97 bits per heavy atom. The van der Waals surface area contributed by atoms with E-state index in [4.69, 9.17) is 9.72 Å². The number of piperidine rings is 1. The van der Waals surface area contributed by atoms with Crippen molar-refractivity contribution in [2.45, 2.75) is 38.6 Å². The zero-order valence-electron chi connectivity index (χ0n) is 19.9. The number of nitrogens with zero attached hydrogens (tertiary/aromatic N) is 5. The van der Waals surface area contributed by atoms with E-state index in [2.05, 4.69) is 15.3 Å². The minimum absolute atomic E-state index is 0.0358. The van der Waals surface area contributed by atoms with E-state index in [1.807, 2.05) is 60.4 Å². The van der Waals surface area contributed by atoms with Crippen molar-refractivity contribution in [1.29, 1.82) is 0 Å². The first-order valence-electron chi connectivity index (χ1n) is 11.8. The van der Waals surface area contributed by atoms with Crippen LogP contribution in [0.15, 0.2) is 53.3 Å². The first-order valence-corrected chi connectivity index (χ1v) is 11.8. The van der Waals surface area contributed by atoms with E-state index < -0.39 is 0 Å². The summed E-state index contributed by atoms with van der Waals surface area (Å²) in [6.07, 6.45) is 1.95. The number of amides is 1. The average molecular weight is 473 g/mol. The van der Waals surface area contributed by atoms with Gasteiger partial charge in [0, 0.05) is 24.6 Å². The highest BCUT2D eigenvalue weighted by atomic mass is 16.5. The molecule has 2 aromatic carbocycles. The Morgan fingerprint density at radius 1 is 1.17 bits per heavy atom. The number of hydrogen-bond acceptors (Lipinski definition) is 6. The number of para-hydroxylation sites is 1. The van der Waals surface area contributed by atoms with Crippen molar-refractivity contribution in [3.05, 3.63) is 81.4 Å². The number of methoxy groups -OCH3 is 1. The fraction of sp³-hybridized carbons (Fsp3) is 0.346. The molecule has 0 radical (unpaired) electrons. The van der Waals surface area contributed by atoms with Gasteiger partial charge in [-0.05, 0) is 31.4 Å². The molecule has 35 heavy (non-hydrogen) atoms. The molecule has 3 heterocycles. The fourth-order valence-electron chi connectivity index (χ4n) is 4.60. The predicted molar refractivity (Wildman–Crippen MR) is 131 cm³/mol. The second kappa shape index (κ2) is 9.69. The minimum atomic E-state index is -0.308. The number of fused-ring (bicyclic) bond motifs is 1. The summed E-state index contributed by atoms with van der Waals surface area (Å²) in [5.74, 6) is 1.25. The summed E-state index contributed by atoms with van der Waals surface area (Å²) in [4.78, 5) is 35.4. The Morgan fingerprint density at radius 3 is 2.77 bits per heavy atom. The van der Waals surface area contributed by atoms with Gasteiger partial charge >= 0.3 is 0 Å². The van der Waals surface area contributed by atoms with Crippen LogP contribution >= 0.6 is 0 Å². The maximum Gasteiger partial charge on any atom is 0.281 e. The summed E-state index contributed by atoms with van der Waals surface area (Å²) in [5.41, 5.74) is 3.47. The molecule has 9 heteroatoms. The number of aromatic amines is 1. The first-order chi connectivity index (χ1) is 17.0. The van der Waals surface area contributed by atoms with Crippen LogP contribution in [-0.4, -0.2) is 56.0 Å². The molecule has 5 rings (SSSR count). The van der Waals surface area contributed by atoms with Crippen molar-refractivity contribution in [2.75, 3.05) is 20.2 Å². The van der Waals surface area contributed by atoms with Crippen LogP contribution in [0.1, 0.15) is 41.3 Å². The standard InChI is InChI=1S/C26H28N6O3/c1-17-9-11-18(12-10-17)15-32-25-23(29-30-32)26(34)28-24(27-25)20-7-5-13-31(16-20)22(33)14-19-6-3-4-8-21(19)35-2/h3-4,6,8-12,20H,5,7,13-16H2,1-2H3,(H,27,28,34)/t20-/m1/s1. The predicted octanol–water partition coefficient (Wildman–Crippen LogP) is 2.83. The zero-order valence-corrected chi connectivity index (χ0v) is 19.9. The van der Waals surface area contributed by atoms with Crippen LogP contribution in [0.5, 0.6) is 5.75 Å². The molecular weight excluding hydrogens is 444 g/mol. The number of benzene rings is 2. The van der Waals surface area contributed by atoms with Crippen LogP contribution < -0.4 is 10.3 Å². The van der Waals surface area contributed by atoms with E-state index in [9.17, 15) is 9.59 Å². The molecule has 1 fully saturated rings. The van der Waals surface area contributed by atoms with Crippen molar-refractivity contribution in [2.24, 2.45) is 0 Å². The van der Waals surface area contributed by atoms with Gasteiger partial charge in [0.1, 0.15) is 11.6 Å². The number of likely N-dealkylation sites (tertiary alicyclic amines) is 1. The molecule has 1 atom stereocenters. The smallest absolute Gasteiger partial charge is 0.281 e. The second-order valence-electron chi connectivity index (χ2n) is 9.02. The van der Waals surface area contributed by atoms with E-state index in [-0.39, 0.29) is 29.3 Å². The topological polar surface area (TPSA) is 106 Å². The number of aromatic nitrogens is 5. The summed E-state index contributed by atoms with van der Waals surface area (Å²) in [6, 6.07) is 15.7. The molecule has 1 amide bonds. The third-order valence-corrected chi connectivity index (χ3v) is 6.54. The van der Waals surface area contributed by atoms with Crippen molar-refractivity contribution in [1.82, 2.24) is 29.9 Å². The molecule has 0 spiro atoms. The molecule has 2 aromatic heterocycles. The van der Waals surface area contributed by atoms with Gasteiger partial charge in [-0.3, -0.25) is 9.59 Å². The third-order valence-electron chi connectivity index (χ3n) is 6.54. The Hall–Kier alpha value is -4.01. The number of aryl methyl sites for hydroxylation is 1. The Labute approximate surface area is 202 Å². The number of rotatable bonds is 6. The van der Waals surface area contributed by atoms with Gasteiger partial charge in [0.2, 0.25) is 5.91 Å². The largest absolute Gasteiger partial charge is 0.496 e. The summed E-state index contributed by atoms with van der Waals surface area (Å²) in [5, 5.41) is 8.23. The van der Waals surface area contributed by atoms with Crippen LogP contribution in [0.4, 0.5) is 0 Å². The lowest BCUT2D eigenvalue weighted by molar-refractivity contribution is -0.131. The SMILES string of the molecule is COc1ccccc1CC(=O)N1CCC[C@@H](c2nc3c(nnn3Cc3ccc(C)cc3)c(=O)[nH]2)C1. The number of hydrogen-bond donors (Lipinski definition) is 1. The monoisotopic (exact) mass is 472 g/mol. The van der Waals surface area contributed by atoms with E-state index in [1.54, 1.807) is 11.8 Å². The number of carbonyl (C=O) groups excluding carboxylic acids is 1. The fourth-order valence-corrected chi connectivity index (χ4v) is 4.60. The van der Waals surface area contributed by atoms with Gasteiger partial charge in [0.05, 0.1) is 20.1 Å². The second-order valence-corrected chi connectivity index (χ2v) is 9.02. The molecule has 0 unspecified atom stereocenters. The summed E-state index contributed by atoms with van der Waals surface area (Å²) in [7, 11) is 1.61. The van der Waals surface area contributed by atoms with Crippen LogP contribution in [0, 0.1) is 6.92 Å². The van der Waals surface area contributed by atoms with Crippen LogP contribution in [-0.2, 0) is 17.8 Å². The quantitative estimate of drug-likeness (QED) is 0.463. The van der Waals surface area contributed by atoms with Gasteiger partial charge in [-0.2, -0.15) is 0 Å². The molecule has 1 saturated heterocycles. The van der Waals surface area contributed by atoms with Gasteiger partial charge in [-0.15, -0.1) is 5.10 Å². The number of nitrogens with one attached hydrogen (secondary N) is 1. The lowest BCUT2D eigenvalue weighted by atomic mass is 9.96. The van der Waals surface area contributed by atoms with Crippen molar-refractivity contribution >= 4 is 17.1 Å². The van der Waals surface area contributed by atoms with Gasteiger partial charge in [0.25, 0.3) is 5.56 Å². The lowest BCUT2D eigenvalue weighted by Gasteiger charge is -2.32. The lowest BCUT2D eigenvalue weighted by Crippen LogP contribution is -2.40. The summed E-state index contributed by atoms with van der Waals surface area (Å²) >= 11 is 0. The normalized spacial score (nSPS) is 15.9. The van der Waals surface area contributed by atoms with Crippen LogP contribution in [0.2, 0.25) is 0 Å². The van der Waals surface area contributed by atoms with E-state index in [0.717, 1.165) is 24.0 Å². The molecule has 1 aliphatic rings. The Balaban J connectivity index is 1.37. The number of H-pyrrole nitrogens is 1. The van der Waals surface area contributed by atoms with Crippen LogP contribution in [0.3, 0.4) is 0 Å². The van der Waals surface area contributed by atoms with Gasteiger partial charge < -0.3 is 14.6 Å². The van der Waals surface area contributed by atoms with E-state index >= 15 is 0 Å². The van der Waals surface area contributed by atoms with Crippen molar-refractivity contribution in [3.63, 3.8) is 0 Å².